The standard InChI is InChI=1S/C14H19N3O3/c1-18-11-5-4-9(13(19-2)14(11)20-3)10(15)8-12-16-6-7-17-12/h4-7,10H,8,15H2,1-3H3,(H,16,17). The molecule has 3 N–H and O–H groups in total. The number of aromatic amines is 1. The quantitative estimate of drug-likeness (QED) is 0.839. The van der Waals surface area contributed by atoms with Crippen LogP contribution in [0.1, 0.15) is 17.4 Å². The molecule has 6 heteroatoms. The number of benzene rings is 1. The fraction of sp³-hybridized carbons (Fsp3) is 0.357. The summed E-state index contributed by atoms with van der Waals surface area (Å²) in [5.41, 5.74) is 7.09. The van der Waals surface area contributed by atoms with Crippen molar-refractivity contribution >= 4 is 0 Å². The molecule has 0 fully saturated rings. The van der Waals surface area contributed by atoms with E-state index in [4.69, 9.17) is 19.9 Å². The first kappa shape index (κ1) is 14.2. The van der Waals surface area contributed by atoms with E-state index < -0.39 is 0 Å². The number of nitrogens with two attached hydrogens (primary N) is 1. The van der Waals surface area contributed by atoms with Gasteiger partial charge in [-0.1, -0.05) is 0 Å². The van der Waals surface area contributed by atoms with Gasteiger partial charge < -0.3 is 24.9 Å². The summed E-state index contributed by atoms with van der Waals surface area (Å²) in [6, 6.07) is 3.45. The fourth-order valence-electron chi connectivity index (χ4n) is 2.14. The van der Waals surface area contributed by atoms with Gasteiger partial charge in [-0.15, -0.1) is 0 Å². The van der Waals surface area contributed by atoms with Crippen LogP contribution in [0.2, 0.25) is 0 Å². The number of ether oxygens (including phenoxy) is 3. The molecule has 2 aromatic rings. The average molecular weight is 277 g/mol. The second kappa shape index (κ2) is 6.29. The minimum Gasteiger partial charge on any atom is -0.493 e. The molecule has 0 radical (unpaired) electrons. The van der Waals surface area contributed by atoms with Crippen molar-refractivity contribution < 1.29 is 14.2 Å². The highest BCUT2D eigenvalue weighted by atomic mass is 16.5. The fourth-order valence-corrected chi connectivity index (χ4v) is 2.14. The SMILES string of the molecule is COc1ccc(C(N)Cc2ncc[nH]2)c(OC)c1OC. The highest BCUT2D eigenvalue weighted by Crippen LogP contribution is 2.41. The number of nitrogens with one attached hydrogen (secondary N) is 1. The van der Waals surface area contributed by atoms with Gasteiger partial charge in [0, 0.05) is 30.4 Å². The van der Waals surface area contributed by atoms with Gasteiger partial charge in [0.1, 0.15) is 5.82 Å². The van der Waals surface area contributed by atoms with E-state index in [2.05, 4.69) is 9.97 Å². The van der Waals surface area contributed by atoms with Gasteiger partial charge in [0.2, 0.25) is 5.75 Å². The number of nitrogens with zero attached hydrogens (tertiary/aromatic N) is 1. The van der Waals surface area contributed by atoms with Gasteiger partial charge >= 0.3 is 0 Å². The molecule has 1 atom stereocenters. The van der Waals surface area contributed by atoms with Crippen LogP contribution in [-0.4, -0.2) is 31.3 Å². The van der Waals surface area contributed by atoms with Gasteiger partial charge in [-0.05, 0) is 12.1 Å². The molecule has 1 unspecified atom stereocenters. The zero-order chi connectivity index (χ0) is 14.5. The van der Waals surface area contributed by atoms with E-state index in [1.54, 1.807) is 33.7 Å². The lowest BCUT2D eigenvalue weighted by Crippen LogP contribution is -2.15. The molecule has 0 aliphatic heterocycles. The first-order chi connectivity index (χ1) is 9.71. The van der Waals surface area contributed by atoms with Crippen molar-refractivity contribution in [2.24, 2.45) is 5.73 Å². The van der Waals surface area contributed by atoms with Crippen molar-refractivity contribution in [3.63, 3.8) is 0 Å². The maximum Gasteiger partial charge on any atom is 0.203 e. The van der Waals surface area contributed by atoms with Crippen LogP contribution in [0.15, 0.2) is 24.5 Å². The van der Waals surface area contributed by atoms with E-state index in [1.165, 1.54) is 0 Å². The summed E-state index contributed by atoms with van der Waals surface area (Å²) >= 11 is 0. The smallest absolute Gasteiger partial charge is 0.203 e. The Bertz CT molecular complexity index is 555. The maximum atomic E-state index is 6.24. The number of imidazole rings is 1. The minimum atomic E-state index is -0.254. The van der Waals surface area contributed by atoms with E-state index in [-0.39, 0.29) is 6.04 Å². The largest absolute Gasteiger partial charge is 0.493 e. The first-order valence-corrected chi connectivity index (χ1v) is 6.24. The van der Waals surface area contributed by atoms with Crippen LogP contribution >= 0.6 is 0 Å². The van der Waals surface area contributed by atoms with Crippen LogP contribution in [0.25, 0.3) is 0 Å². The number of aromatic nitrogens is 2. The van der Waals surface area contributed by atoms with Crippen molar-refractivity contribution in [1.82, 2.24) is 9.97 Å². The van der Waals surface area contributed by atoms with E-state index >= 15 is 0 Å². The molecule has 0 saturated heterocycles. The monoisotopic (exact) mass is 277 g/mol. The summed E-state index contributed by atoms with van der Waals surface area (Å²) in [6.45, 7) is 0. The molecule has 0 saturated carbocycles. The van der Waals surface area contributed by atoms with Gasteiger partial charge in [-0.2, -0.15) is 0 Å². The van der Waals surface area contributed by atoms with Crippen LogP contribution in [0.3, 0.4) is 0 Å². The molecule has 2 rings (SSSR count). The van der Waals surface area contributed by atoms with Gasteiger partial charge in [0.15, 0.2) is 11.5 Å². The molecule has 0 aliphatic carbocycles. The van der Waals surface area contributed by atoms with Crippen molar-refractivity contribution in [2.75, 3.05) is 21.3 Å². The normalized spacial score (nSPS) is 12.0. The molecule has 1 aromatic carbocycles. The molecule has 1 aromatic heterocycles. The summed E-state index contributed by atoms with van der Waals surface area (Å²) in [7, 11) is 4.74. The molecule has 0 amide bonds. The lowest BCUT2D eigenvalue weighted by molar-refractivity contribution is 0.320. The number of hydrogen-bond acceptors (Lipinski definition) is 5. The highest BCUT2D eigenvalue weighted by molar-refractivity contribution is 5.56. The lowest BCUT2D eigenvalue weighted by atomic mass is 10.0. The molecule has 0 spiro atoms. The number of methoxy groups -OCH3 is 3. The molecular weight excluding hydrogens is 258 g/mol. The number of H-pyrrole nitrogens is 1. The number of rotatable bonds is 6. The lowest BCUT2D eigenvalue weighted by Gasteiger charge is -2.19. The molecule has 108 valence electrons. The Hall–Kier alpha value is -2.21. The highest BCUT2D eigenvalue weighted by Gasteiger charge is 2.20. The van der Waals surface area contributed by atoms with Crippen LogP contribution in [0.5, 0.6) is 17.2 Å². The predicted octanol–water partition coefficient (Wildman–Crippen LogP) is 1.68. The van der Waals surface area contributed by atoms with E-state index in [0.29, 0.717) is 23.7 Å². The molecule has 6 nitrogen and oxygen atoms in total. The summed E-state index contributed by atoms with van der Waals surface area (Å²) in [4.78, 5) is 7.22. The van der Waals surface area contributed by atoms with Crippen molar-refractivity contribution in [3.8, 4) is 17.2 Å². The zero-order valence-corrected chi connectivity index (χ0v) is 11.8. The topological polar surface area (TPSA) is 82.4 Å². The minimum absolute atomic E-state index is 0.254. The molecule has 20 heavy (non-hydrogen) atoms. The van der Waals surface area contributed by atoms with Gasteiger partial charge in [-0.3, -0.25) is 0 Å². The third-order valence-electron chi connectivity index (χ3n) is 3.10. The summed E-state index contributed by atoms with van der Waals surface area (Å²) in [6.07, 6.45) is 4.06. The second-order valence-electron chi connectivity index (χ2n) is 4.27. The second-order valence-corrected chi connectivity index (χ2v) is 4.27. The van der Waals surface area contributed by atoms with Gasteiger partial charge in [0.25, 0.3) is 0 Å². The Morgan fingerprint density at radius 3 is 2.45 bits per heavy atom. The third kappa shape index (κ3) is 2.70. The van der Waals surface area contributed by atoms with E-state index in [1.807, 2.05) is 12.1 Å². The van der Waals surface area contributed by atoms with Crippen LogP contribution < -0.4 is 19.9 Å². The Labute approximate surface area is 117 Å². The van der Waals surface area contributed by atoms with Crippen LogP contribution in [-0.2, 0) is 6.42 Å². The van der Waals surface area contributed by atoms with Crippen molar-refractivity contribution in [1.29, 1.82) is 0 Å². The summed E-state index contributed by atoms with van der Waals surface area (Å²) in [5.74, 6) is 2.57. The Kier molecular flexibility index (Phi) is 4.47. The first-order valence-electron chi connectivity index (χ1n) is 6.24. The Balaban J connectivity index is 2.35. The molecule has 1 heterocycles. The molecular formula is C14H19N3O3. The molecule has 0 bridgehead atoms. The Morgan fingerprint density at radius 2 is 1.90 bits per heavy atom. The third-order valence-corrected chi connectivity index (χ3v) is 3.10. The number of hydrogen-bond donors (Lipinski definition) is 2. The predicted molar refractivity (Wildman–Crippen MR) is 75.3 cm³/mol. The maximum absolute atomic E-state index is 6.24. The van der Waals surface area contributed by atoms with Crippen molar-refractivity contribution in [2.45, 2.75) is 12.5 Å². The van der Waals surface area contributed by atoms with E-state index in [0.717, 1.165) is 11.4 Å². The van der Waals surface area contributed by atoms with Crippen LogP contribution in [0, 0.1) is 0 Å². The zero-order valence-electron chi connectivity index (χ0n) is 11.8. The van der Waals surface area contributed by atoms with Crippen molar-refractivity contribution in [3.05, 3.63) is 35.9 Å². The van der Waals surface area contributed by atoms with Crippen LogP contribution in [0.4, 0.5) is 0 Å². The summed E-state index contributed by atoms with van der Waals surface area (Å²) in [5, 5.41) is 0. The Morgan fingerprint density at radius 1 is 1.15 bits per heavy atom. The average Bonchev–Trinajstić information content (AvgIpc) is 2.98. The molecule has 0 aliphatic rings. The summed E-state index contributed by atoms with van der Waals surface area (Å²) < 4.78 is 16.0. The van der Waals surface area contributed by atoms with Gasteiger partial charge in [0.05, 0.1) is 21.3 Å². The van der Waals surface area contributed by atoms with Gasteiger partial charge in [-0.25, -0.2) is 4.98 Å². The van der Waals surface area contributed by atoms with E-state index in [9.17, 15) is 0 Å².